The largest absolute Gasteiger partial charge is 0.462 e. The monoisotopic (exact) mass is 863 g/mol. The fourth-order valence-electron chi connectivity index (χ4n) is 6.81. The van der Waals surface area contributed by atoms with Gasteiger partial charge in [0.1, 0.15) is 13.2 Å². The molecule has 0 heterocycles. The van der Waals surface area contributed by atoms with Gasteiger partial charge >= 0.3 is 17.9 Å². The van der Waals surface area contributed by atoms with E-state index in [0.29, 0.717) is 19.3 Å². The zero-order chi connectivity index (χ0) is 45.1. The van der Waals surface area contributed by atoms with Crippen LogP contribution >= 0.6 is 0 Å². The highest BCUT2D eigenvalue weighted by Crippen LogP contribution is 2.14. The second kappa shape index (κ2) is 50.2. The van der Waals surface area contributed by atoms with Crippen molar-refractivity contribution in [2.24, 2.45) is 0 Å². The normalized spacial score (nSPS) is 12.8. The van der Waals surface area contributed by atoms with E-state index in [1.165, 1.54) is 96.3 Å². The van der Waals surface area contributed by atoms with Gasteiger partial charge in [0.05, 0.1) is 0 Å². The number of esters is 3. The van der Waals surface area contributed by atoms with Gasteiger partial charge in [0, 0.05) is 19.3 Å². The molecule has 0 unspecified atom stereocenters. The summed E-state index contributed by atoms with van der Waals surface area (Å²) >= 11 is 0. The topological polar surface area (TPSA) is 78.9 Å². The van der Waals surface area contributed by atoms with Crippen molar-refractivity contribution in [3.8, 4) is 0 Å². The molecule has 0 aromatic heterocycles. The first kappa shape index (κ1) is 58.6. The van der Waals surface area contributed by atoms with E-state index in [1.807, 2.05) is 6.08 Å². The van der Waals surface area contributed by atoms with Crippen molar-refractivity contribution in [3.63, 3.8) is 0 Å². The molecule has 6 nitrogen and oxygen atoms in total. The quantitative estimate of drug-likeness (QED) is 0.0263. The fourth-order valence-corrected chi connectivity index (χ4v) is 6.81. The second-order valence-electron chi connectivity index (χ2n) is 16.7. The molecule has 0 saturated heterocycles. The van der Waals surface area contributed by atoms with Crippen LogP contribution in [0.4, 0.5) is 0 Å². The molecule has 0 radical (unpaired) electrons. The molecule has 62 heavy (non-hydrogen) atoms. The Morgan fingerprint density at radius 2 is 0.661 bits per heavy atom. The summed E-state index contributed by atoms with van der Waals surface area (Å²) in [5, 5.41) is 0. The van der Waals surface area contributed by atoms with E-state index in [-0.39, 0.29) is 37.5 Å². The van der Waals surface area contributed by atoms with Gasteiger partial charge in [-0.3, -0.25) is 14.4 Å². The molecule has 0 N–H and O–H groups in total. The van der Waals surface area contributed by atoms with Crippen molar-refractivity contribution < 1.29 is 28.6 Å². The minimum atomic E-state index is -0.808. The van der Waals surface area contributed by atoms with E-state index in [0.717, 1.165) is 89.9 Å². The number of hydrogen-bond donors (Lipinski definition) is 0. The minimum absolute atomic E-state index is 0.102. The van der Waals surface area contributed by atoms with Gasteiger partial charge in [-0.25, -0.2) is 0 Å². The van der Waals surface area contributed by atoms with Crippen LogP contribution in [0, 0.1) is 0 Å². The van der Waals surface area contributed by atoms with Crippen LogP contribution in [0.15, 0.2) is 85.1 Å². The lowest BCUT2D eigenvalue weighted by molar-refractivity contribution is -0.166. The number of ether oxygens (including phenoxy) is 3. The zero-order valence-electron chi connectivity index (χ0n) is 40.4. The summed E-state index contributed by atoms with van der Waals surface area (Å²) in [5.41, 5.74) is 0. The van der Waals surface area contributed by atoms with Crippen LogP contribution in [-0.4, -0.2) is 37.2 Å². The first-order valence-corrected chi connectivity index (χ1v) is 25.6. The summed E-state index contributed by atoms with van der Waals surface area (Å²) in [6, 6.07) is 0. The summed E-state index contributed by atoms with van der Waals surface area (Å²) in [4.78, 5) is 37.9. The summed E-state index contributed by atoms with van der Waals surface area (Å²) in [5.74, 6) is -1.00. The van der Waals surface area contributed by atoms with Crippen LogP contribution in [0.25, 0.3) is 0 Å². The lowest BCUT2D eigenvalue weighted by Crippen LogP contribution is -2.30. The zero-order valence-corrected chi connectivity index (χ0v) is 40.4. The van der Waals surface area contributed by atoms with E-state index >= 15 is 0 Å². The van der Waals surface area contributed by atoms with Gasteiger partial charge in [-0.1, -0.05) is 215 Å². The van der Waals surface area contributed by atoms with Crippen LogP contribution in [0.2, 0.25) is 0 Å². The number of allylic oxidation sites excluding steroid dienone is 14. The van der Waals surface area contributed by atoms with Crippen molar-refractivity contribution >= 4 is 17.9 Å². The maximum absolute atomic E-state index is 12.8. The van der Waals surface area contributed by atoms with Crippen LogP contribution in [-0.2, 0) is 28.6 Å². The van der Waals surface area contributed by atoms with E-state index in [9.17, 15) is 14.4 Å². The molecule has 0 aliphatic carbocycles. The third-order valence-corrected chi connectivity index (χ3v) is 10.6. The van der Waals surface area contributed by atoms with Crippen molar-refractivity contribution in [3.05, 3.63) is 85.1 Å². The molecular weight excluding hydrogens is 769 g/mol. The van der Waals surface area contributed by atoms with Crippen LogP contribution < -0.4 is 0 Å². The molecule has 0 rings (SSSR count). The molecular formula is C56H94O6. The maximum atomic E-state index is 12.8. The lowest BCUT2D eigenvalue weighted by atomic mass is 10.1. The Bertz CT molecular complexity index is 1220. The second-order valence-corrected chi connectivity index (χ2v) is 16.7. The Kier molecular flexibility index (Phi) is 47.5. The molecule has 354 valence electrons. The smallest absolute Gasteiger partial charge is 0.306 e. The molecule has 0 aromatic rings. The third kappa shape index (κ3) is 47.6. The molecule has 0 fully saturated rings. The average Bonchev–Trinajstić information content (AvgIpc) is 3.27. The highest BCUT2D eigenvalue weighted by atomic mass is 16.6. The summed E-state index contributed by atoms with van der Waals surface area (Å²) in [6.45, 7) is 6.43. The molecule has 0 saturated carbocycles. The highest BCUT2D eigenvalue weighted by molar-refractivity contribution is 5.71. The molecule has 1 atom stereocenters. The van der Waals surface area contributed by atoms with E-state index in [4.69, 9.17) is 14.2 Å². The van der Waals surface area contributed by atoms with Gasteiger partial charge in [-0.2, -0.15) is 0 Å². The van der Waals surface area contributed by atoms with Crippen LogP contribution in [0.3, 0.4) is 0 Å². The molecule has 0 aromatic carbocycles. The van der Waals surface area contributed by atoms with Gasteiger partial charge < -0.3 is 14.2 Å². The SMILES string of the molecule is CC/C=C\C/C=C\C/C=C\C/C=C\C/C=C\C/C=C\CCC(=O)OC[C@@H](COC(=O)CCCCCCCCCCCC)OC(=O)CCCCCCC/C=C\CCCCCCCC. The van der Waals surface area contributed by atoms with E-state index in [1.54, 1.807) is 0 Å². The molecule has 0 amide bonds. The predicted octanol–water partition coefficient (Wildman–Crippen LogP) is 16.8. The fraction of sp³-hybridized carbons (Fsp3) is 0.696. The Morgan fingerprint density at radius 1 is 0.339 bits per heavy atom. The molecule has 0 aliphatic rings. The van der Waals surface area contributed by atoms with Gasteiger partial charge in [-0.15, -0.1) is 0 Å². The number of hydrogen-bond acceptors (Lipinski definition) is 6. The highest BCUT2D eigenvalue weighted by Gasteiger charge is 2.19. The van der Waals surface area contributed by atoms with E-state index < -0.39 is 6.10 Å². The summed E-state index contributed by atoms with van der Waals surface area (Å²) < 4.78 is 16.7. The number of carbonyl (C=O) groups excluding carboxylic acids is 3. The van der Waals surface area contributed by atoms with Crippen molar-refractivity contribution in [1.82, 2.24) is 0 Å². The van der Waals surface area contributed by atoms with Gasteiger partial charge in [-0.05, 0) is 83.5 Å². The Hall–Kier alpha value is -3.41. The minimum Gasteiger partial charge on any atom is -0.462 e. The Balaban J connectivity index is 4.48. The van der Waals surface area contributed by atoms with E-state index in [2.05, 4.69) is 99.8 Å². The standard InChI is InChI=1S/C56H94O6/c1-4-7-10-13-16-19-22-24-26-27-28-29-31-32-34-37-40-43-46-49-55(58)61-52-53(51-60-54(57)48-45-42-39-36-21-18-15-12-9-6-3)62-56(59)50-47-44-41-38-35-33-30-25-23-20-17-14-11-8-5-2/h7,10,16,19,24-26,28-30,32,34,40,43,53H,4-6,8-9,11-15,17-18,20-23,27,31,33,35-39,41-42,44-52H2,1-3H3/b10-7-,19-16-,26-24-,29-28-,30-25-,34-32-,43-40-/t53-/m1/s1. The molecule has 0 spiro atoms. The number of carbonyl (C=O) groups is 3. The van der Waals surface area contributed by atoms with Crippen LogP contribution in [0.1, 0.15) is 233 Å². The number of rotatable bonds is 45. The Morgan fingerprint density at radius 3 is 1.08 bits per heavy atom. The first-order chi connectivity index (χ1) is 30.5. The van der Waals surface area contributed by atoms with Gasteiger partial charge in [0.2, 0.25) is 0 Å². The van der Waals surface area contributed by atoms with Crippen molar-refractivity contribution in [1.29, 1.82) is 0 Å². The maximum Gasteiger partial charge on any atom is 0.306 e. The first-order valence-electron chi connectivity index (χ1n) is 25.6. The van der Waals surface area contributed by atoms with Crippen molar-refractivity contribution in [2.45, 2.75) is 239 Å². The molecule has 6 heteroatoms. The number of unbranched alkanes of at least 4 members (excludes halogenated alkanes) is 20. The van der Waals surface area contributed by atoms with Gasteiger partial charge in [0.15, 0.2) is 6.10 Å². The third-order valence-electron chi connectivity index (χ3n) is 10.6. The Labute approximate surface area is 382 Å². The summed E-state index contributed by atoms with van der Waals surface area (Å²) in [6.07, 6.45) is 64.4. The molecule has 0 bridgehead atoms. The van der Waals surface area contributed by atoms with Crippen LogP contribution in [0.5, 0.6) is 0 Å². The summed E-state index contributed by atoms with van der Waals surface area (Å²) in [7, 11) is 0. The molecule has 0 aliphatic heterocycles. The lowest BCUT2D eigenvalue weighted by Gasteiger charge is -2.18. The van der Waals surface area contributed by atoms with Gasteiger partial charge in [0.25, 0.3) is 0 Å². The predicted molar refractivity (Wildman–Crippen MR) is 265 cm³/mol. The van der Waals surface area contributed by atoms with Crippen molar-refractivity contribution in [2.75, 3.05) is 13.2 Å². The average molecular weight is 863 g/mol.